The van der Waals surface area contributed by atoms with Gasteiger partial charge in [0.2, 0.25) is 5.91 Å². The summed E-state index contributed by atoms with van der Waals surface area (Å²) >= 11 is 8.67. The normalized spacial score (nSPS) is 16.0. The van der Waals surface area contributed by atoms with Crippen molar-refractivity contribution in [2.75, 3.05) is 18.9 Å². The van der Waals surface area contributed by atoms with E-state index < -0.39 is 0 Å². The number of thioether (sulfide) groups is 1. The minimum atomic E-state index is -0.140. The first-order chi connectivity index (χ1) is 15.1. The number of carbonyl (C=O) groups excluding carboxylic acids is 1. The summed E-state index contributed by atoms with van der Waals surface area (Å²) in [5, 5.41) is 6.55. The van der Waals surface area contributed by atoms with Gasteiger partial charge in [0, 0.05) is 35.7 Å². The van der Waals surface area contributed by atoms with Crippen LogP contribution in [-0.4, -0.2) is 40.5 Å². The van der Waals surface area contributed by atoms with Gasteiger partial charge in [-0.2, -0.15) is 0 Å². The maximum absolute atomic E-state index is 13.3. The van der Waals surface area contributed by atoms with Crippen molar-refractivity contribution in [3.05, 3.63) is 57.7 Å². The molecule has 6 nitrogen and oxygen atoms in total. The van der Waals surface area contributed by atoms with Gasteiger partial charge >= 0.3 is 0 Å². The maximum Gasteiger partial charge on any atom is 0.263 e. The molecule has 3 aromatic rings. The van der Waals surface area contributed by atoms with Crippen molar-refractivity contribution in [2.24, 2.45) is 0 Å². The van der Waals surface area contributed by atoms with Crippen molar-refractivity contribution in [1.29, 1.82) is 0 Å². The highest BCUT2D eigenvalue weighted by Gasteiger charge is 2.19. The highest BCUT2D eigenvalue weighted by molar-refractivity contribution is 7.99. The molecule has 9 heteroatoms. The van der Waals surface area contributed by atoms with Gasteiger partial charge in [-0.1, -0.05) is 41.6 Å². The van der Waals surface area contributed by atoms with Crippen LogP contribution in [0.3, 0.4) is 0 Å². The summed E-state index contributed by atoms with van der Waals surface area (Å²) in [4.78, 5) is 31.0. The first-order valence-corrected chi connectivity index (χ1v) is 12.2. The van der Waals surface area contributed by atoms with Gasteiger partial charge in [-0.15, -0.1) is 17.9 Å². The fourth-order valence-electron chi connectivity index (χ4n) is 3.46. The Labute approximate surface area is 193 Å². The smallest absolute Gasteiger partial charge is 0.263 e. The molecule has 1 aliphatic heterocycles. The van der Waals surface area contributed by atoms with E-state index in [-0.39, 0.29) is 23.3 Å². The lowest BCUT2D eigenvalue weighted by atomic mass is 10.1. The van der Waals surface area contributed by atoms with Gasteiger partial charge in [-0.3, -0.25) is 14.2 Å². The molecule has 0 aliphatic carbocycles. The Morgan fingerprint density at radius 1 is 1.42 bits per heavy atom. The number of thiophene rings is 1. The fourth-order valence-corrected chi connectivity index (χ4v) is 5.41. The highest BCUT2D eigenvalue weighted by atomic mass is 35.5. The van der Waals surface area contributed by atoms with E-state index in [2.05, 4.69) is 11.9 Å². The summed E-state index contributed by atoms with van der Waals surface area (Å²) in [6.07, 6.45) is 3.76. The zero-order valence-corrected chi connectivity index (χ0v) is 19.2. The molecular weight excluding hydrogens is 454 g/mol. The lowest BCUT2D eigenvalue weighted by molar-refractivity contribution is -0.119. The van der Waals surface area contributed by atoms with Crippen LogP contribution in [0.1, 0.15) is 12.8 Å². The molecule has 1 atom stereocenters. The number of halogens is 1. The summed E-state index contributed by atoms with van der Waals surface area (Å²) in [5.41, 5.74) is 1.60. The van der Waals surface area contributed by atoms with Crippen molar-refractivity contribution in [1.82, 2.24) is 14.9 Å². The summed E-state index contributed by atoms with van der Waals surface area (Å²) in [5.74, 6) is 0.0741. The molecule has 1 amide bonds. The van der Waals surface area contributed by atoms with Gasteiger partial charge in [0.1, 0.15) is 4.83 Å². The van der Waals surface area contributed by atoms with Crippen LogP contribution in [0.5, 0.6) is 0 Å². The van der Waals surface area contributed by atoms with Gasteiger partial charge in [0.15, 0.2) is 5.16 Å². The average molecular weight is 476 g/mol. The molecular formula is C22H22ClN3O3S2. The van der Waals surface area contributed by atoms with E-state index in [0.29, 0.717) is 33.5 Å². The number of allylic oxidation sites excluding steroid dienone is 1. The van der Waals surface area contributed by atoms with Gasteiger partial charge in [0.25, 0.3) is 5.56 Å². The van der Waals surface area contributed by atoms with Crippen LogP contribution < -0.4 is 10.9 Å². The summed E-state index contributed by atoms with van der Waals surface area (Å²) in [7, 11) is 0. The van der Waals surface area contributed by atoms with E-state index in [4.69, 9.17) is 21.3 Å². The molecule has 1 aliphatic rings. The van der Waals surface area contributed by atoms with Gasteiger partial charge in [-0.25, -0.2) is 4.98 Å². The number of ether oxygens (including phenoxy) is 1. The van der Waals surface area contributed by atoms with Gasteiger partial charge < -0.3 is 10.1 Å². The molecule has 0 saturated carbocycles. The van der Waals surface area contributed by atoms with E-state index in [1.54, 1.807) is 22.8 Å². The third-order valence-electron chi connectivity index (χ3n) is 5.01. The predicted octanol–water partition coefficient (Wildman–Crippen LogP) is 4.35. The van der Waals surface area contributed by atoms with E-state index in [0.717, 1.165) is 30.6 Å². The van der Waals surface area contributed by atoms with Crippen LogP contribution >= 0.6 is 34.7 Å². The number of nitrogens with zero attached hydrogens (tertiary/aromatic N) is 2. The number of rotatable bonds is 8. The lowest BCUT2D eigenvalue weighted by Gasteiger charge is -2.12. The van der Waals surface area contributed by atoms with E-state index >= 15 is 0 Å². The van der Waals surface area contributed by atoms with E-state index in [1.165, 1.54) is 23.1 Å². The summed E-state index contributed by atoms with van der Waals surface area (Å²) in [6, 6.07) is 7.38. The molecule has 0 bridgehead atoms. The van der Waals surface area contributed by atoms with Crippen LogP contribution in [0.4, 0.5) is 0 Å². The molecule has 1 fully saturated rings. The number of fused-ring (bicyclic) bond motifs is 1. The Morgan fingerprint density at radius 2 is 2.23 bits per heavy atom. The van der Waals surface area contributed by atoms with Crippen LogP contribution in [0, 0.1) is 0 Å². The Balaban J connectivity index is 1.57. The van der Waals surface area contributed by atoms with Crippen molar-refractivity contribution >= 4 is 50.8 Å². The molecule has 31 heavy (non-hydrogen) atoms. The van der Waals surface area contributed by atoms with Crippen molar-refractivity contribution in [3.8, 4) is 11.1 Å². The fraction of sp³-hybridized carbons (Fsp3) is 0.318. The van der Waals surface area contributed by atoms with Crippen molar-refractivity contribution in [2.45, 2.75) is 30.6 Å². The molecule has 0 unspecified atom stereocenters. The maximum atomic E-state index is 13.3. The summed E-state index contributed by atoms with van der Waals surface area (Å²) in [6.45, 7) is 5.35. The summed E-state index contributed by atoms with van der Waals surface area (Å²) < 4.78 is 7.10. The quantitative estimate of drug-likeness (QED) is 0.298. The Bertz CT molecular complexity index is 1150. The van der Waals surface area contributed by atoms with E-state index in [1.807, 2.05) is 17.5 Å². The first-order valence-electron chi connectivity index (χ1n) is 9.97. The number of aromatic nitrogens is 2. The molecule has 1 aromatic carbocycles. The second kappa shape index (κ2) is 9.99. The minimum absolute atomic E-state index is 0.0970. The van der Waals surface area contributed by atoms with Crippen molar-refractivity contribution < 1.29 is 9.53 Å². The van der Waals surface area contributed by atoms with E-state index in [9.17, 15) is 9.59 Å². The number of carbonyl (C=O) groups is 1. The second-order valence-corrected chi connectivity index (χ2v) is 9.40. The Morgan fingerprint density at radius 3 is 2.94 bits per heavy atom. The average Bonchev–Trinajstić information content (AvgIpc) is 3.44. The van der Waals surface area contributed by atoms with Crippen molar-refractivity contribution in [3.63, 3.8) is 0 Å². The molecule has 1 saturated heterocycles. The Hall–Kier alpha value is -2.13. The zero-order chi connectivity index (χ0) is 21.8. The number of hydrogen-bond acceptors (Lipinski definition) is 6. The minimum Gasteiger partial charge on any atom is -0.376 e. The highest BCUT2D eigenvalue weighted by Crippen LogP contribution is 2.32. The Kier molecular flexibility index (Phi) is 7.12. The largest absolute Gasteiger partial charge is 0.376 e. The van der Waals surface area contributed by atoms with Crippen LogP contribution in [0.15, 0.2) is 52.3 Å². The molecule has 3 heterocycles. The number of benzene rings is 1. The molecule has 0 spiro atoms. The molecule has 1 N–H and O–H groups in total. The first kappa shape index (κ1) is 22.1. The number of amides is 1. The lowest BCUT2D eigenvalue weighted by Crippen LogP contribution is -2.33. The predicted molar refractivity (Wildman–Crippen MR) is 127 cm³/mol. The van der Waals surface area contributed by atoms with Crippen LogP contribution in [-0.2, 0) is 16.1 Å². The van der Waals surface area contributed by atoms with Crippen LogP contribution in [0.25, 0.3) is 21.3 Å². The van der Waals surface area contributed by atoms with Gasteiger partial charge in [-0.05, 0) is 30.5 Å². The standard InChI is InChI=1S/C22H22ClN3O3S2/c1-2-9-26-21(28)19-17(14-5-7-15(23)8-6-14)12-30-20(19)25-22(26)31-13-18(27)24-11-16-4-3-10-29-16/h2,5-8,12,16H,1,3-4,9-11,13H2,(H,24,27)/t16-/m0/s1. The SMILES string of the molecule is C=CCn1c(SCC(=O)NC[C@@H]2CCCO2)nc2scc(-c3ccc(Cl)cc3)c2c1=O. The third kappa shape index (κ3) is 5.03. The topological polar surface area (TPSA) is 73.2 Å². The second-order valence-electron chi connectivity index (χ2n) is 7.16. The van der Waals surface area contributed by atoms with Crippen LogP contribution in [0.2, 0.25) is 5.02 Å². The molecule has 0 radical (unpaired) electrons. The molecule has 4 rings (SSSR count). The third-order valence-corrected chi connectivity index (χ3v) is 7.11. The molecule has 162 valence electrons. The number of hydrogen-bond donors (Lipinski definition) is 1. The molecule has 2 aromatic heterocycles. The van der Waals surface area contributed by atoms with Gasteiger partial charge in [0.05, 0.1) is 17.2 Å². The zero-order valence-electron chi connectivity index (χ0n) is 16.8. The number of nitrogens with one attached hydrogen (secondary N) is 1. The monoisotopic (exact) mass is 475 g/mol.